The Bertz CT molecular complexity index is 261. The Balaban J connectivity index is 4.10. The fourth-order valence-corrected chi connectivity index (χ4v) is 0.869. The van der Waals surface area contributed by atoms with E-state index in [1.165, 1.54) is 6.26 Å². The molecule has 0 aliphatic rings. The molecular formula is C7H15NO3S. The van der Waals surface area contributed by atoms with Gasteiger partial charge in [-0.15, -0.1) is 0 Å². The van der Waals surface area contributed by atoms with Crippen LogP contribution < -0.4 is 4.72 Å². The van der Waals surface area contributed by atoms with E-state index in [-0.39, 0.29) is 0 Å². The quantitative estimate of drug-likeness (QED) is 0.626. The summed E-state index contributed by atoms with van der Waals surface area (Å²) in [5.74, 6) is 3.26. The third kappa shape index (κ3) is 7.40. The van der Waals surface area contributed by atoms with Gasteiger partial charge in [-0.25, -0.2) is 13.7 Å². The molecule has 0 radical (unpaired) electrons. The van der Waals surface area contributed by atoms with Crippen LogP contribution in [0, 0.1) is 0 Å². The third-order valence-electron chi connectivity index (χ3n) is 0.698. The summed E-state index contributed by atoms with van der Waals surface area (Å²) in [5.41, 5.74) is -0.575. The molecule has 0 fully saturated rings. The molecule has 0 aliphatic carbocycles. The van der Waals surface area contributed by atoms with Crippen LogP contribution in [0.2, 0.25) is 0 Å². The van der Waals surface area contributed by atoms with E-state index < -0.39 is 21.4 Å². The van der Waals surface area contributed by atoms with E-state index in [0.717, 1.165) is 0 Å². The second-order valence-corrected chi connectivity index (χ2v) is 5.82. The van der Waals surface area contributed by atoms with Crippen molar-refractivity contribution in [1.82, 2.24) is 4.72 Å². The fourth-order valence-electron chi connectivity index (χ4n) is 0.475. The average Bonchev–Trinajstić information content (AvgIpc) is 1.49. The number of rotatable bonds is 1. The highest BCUT2D eigenvalue weighted by Crippen LogP contribution is 2.06. The van der Waals surface area contributed by atoms with Crippen LogP contribution in [0.5, 0.6) is 0 Å². The summed E-state index contributed by atoms with van der Waals surface area (Å²) in [5, 5.41) is 0. The zero-order valence-corrected chi connectivity index (χ0v) is 8.66. The number of hydrogen-bond donors (Lipinski definition) is 1. The first-order valence-electron chi connectivity index (χ1n) is 3.43. The zero-order valence-electron chi connectivity index (χ0n) is 7.84. The standard InChI is InChI=1S/C7H15NO3S/c1-7(2,3)11-6(9)8-12(4,5)10/h4H2,1-3,5H3,(H,8,9,10). The lowest BCUT2D eigenvalue weighted by Gasteiger charge is -2.19. The summed E-state index contributed by atoms with van der Waals surface area (Å²) in [6.45, 7) is 5.19. The molecule has 0 heterocycles. The molecule has 0 saturated heterocycles. The molecule has 5 heteroatoms. The normalized spacial score (nSPS) is 16.3. The molecule has 1 N–H and O–H groups in total. The highest BCUT2D eigenvalue weighted by Gasteiger charge is 2.16. The highest BCUT2D eigenvalue weighted by atomic mass is 32.2. The Kier molecular flexibility index (Phi) is 3.15. The number of carbonyl (C=O) groups is 1. The summed E-state index contributed by atoms with van der Waals surface area (Å²) >= 11 is 0. The Morgan fingerprint density at radius 3 is 2.17 bits per heavy atom. The van der Waals surface area contributed by atoms with Gasteiger partial charge in [-0.1, -0.05) is 0 Å². The molecule has 0 aromatic heterocycles. The molecule has 0 bridgehead atoms. The van der Waals surface area contributed by atoms with Crippen molar-refractivity contribution >= 4 is 21.7 Å². The molecule has 0 aromatic carbocycles. The maximum absolute atomic E-state index is 11.0. The van der Waals surface area contributed by atoms with E-state index in [1.54, 1.807) is 20.8 Å². The first-order chi connectivity index (χ1) is 5.10. The fraction of sp³-hybridized carbons (Fsp3) is 0.714. The molecule has 0 aliphatic heterocycles. The number of ether oxygens (including phenoxy) is 1. The number of hydrogen-bond acceptors (Lipinski definition) is 3. The molecule has 4 nitrogen and oxygen atoms in total. The predicted octanol–water partition coefficient (Wildman–Crippen LogP) is 0.772. The maximum atomic E-state index is 11.0. The number of amides is 1. The smallest absolute Gasteiger partial charge is 0.419 e. The first kappa shape index (κ1) is 11.3. The van der Waals surface area contributed by atoms with Gasteiger partial charge in [-0.2, -0.15) is 0 Å². The van der Waals surface area contributed by atoms with Crippen LogP contribution in [0.4, 0.5) is 4.79 Å². The van der Waals surface area contributed by atoms with Gasteiger partial charge in [0.2, 0.25) is 0 Å². The largest absolute Gasteiger partial charge is 0.443 e. The van der Waals surface area contributed by atoms with Crippen molar-refractivity contribution in [3.63, 3.8) is 0 Å². The summed E-state index contributed by atoms with van der Waals surface area (Å²) in [7, 11) is -2.52. The van der Waals surface area contributed by atoms with Crippen molar-refractivity contribution in [2.75, 3.05) is 6.26 Å². The van der Waals surface area contributed by atoms with Crippen LogP contribution in [-0.2, 0) is 14.4 Å². The third-order valence-corrected chi connectivity index (χ3v) is 1.30. The van der Waals surface area contributed by atoms with E-state index in [1.807, 2.05) is 0 Å². The molecule has 72 valence electrons. The van der Waals surface area contributed by atoms with E-state index in [0.29, 0.717) is 0 Å². The van der Waals surface area contributed by atoms with E-state index in [4.69, 9.17) is 4.74 Å². The predicted molar refractivity (Wildman–Crippen MR) is 50.6 cm³/mol. The minimum Gasteiger partial charge on any atom is -0.443 e. The van der Waals surface area contributed by atoms with Gasteiger partial charge in [-0.3, -0.25) is 0 Å². The molecule has 1 atom stereocenters. The lowest BCUT2D eigenvalue weighted by molar-refractivity contribution is 0.0572. The van der Waals surface area contributed by atoms with Gasteiger partial charge < -0.3 is 4.74 Å². The van der Waals surface area contributed by atoms with Crippen LogP contribution in [0.1, 0.15) is 20.8 Å². The SMILES string of the molecule is C=S(C)(=O)NC(=O)OC(C)(C)C. The molecule has 1 unspecified atom stereocenters. The van der Waals surface area contributed by atoms with Crippen molar-refractivity contribution in [1.29, 1.82) is 0 Å². The number of nitrogens with one attached hydrogen (secondary N) is 1. The summed E-state index contributed by atoms with van der Waals surface area (Å²) in [6, 6.07) is 0. The van der Waals surface area contributed by atoms with Gasteiger partial charge in [0.1, 0.15) is 5.60 Å². The van der Waals surface area contributed by atoms with E-state index >= 15 is 0 Å². The molecular weight excluding hydrogens is 178 g/mol. The van der Waals surface area contributed by atoms with Crippen molar-refractivity contribution in [2.45, 2.75) is 26.4 Å². The summed E-state index contributed by atoms with van der Waals surface area (Å²) in [6.07, 6.45) is 0.627. The lowest BCUT2D eigenvalue weighted by atomic mass is 10.2. The Morgan fingerprint density at radius 2 is 1.92 bits per heavy atom. The minimum atomic E-state index is -2.52. The highest BCUT2D eigenvalue weighted by molar-refractivity contribution is 7.98. The van der Waals surface area contributed by atoms with Crippen LogP contribution >= 0.6 is 0 Å². The van der Waals surface area contributed by atoms with Crippen LogP contribution in [-0.4, -0.2) is 28.0 Å². The van der Waals surface area contributed by atoms with Gasteiger partial charge in [0.05, 0.1) is 0 Å². The summed E-state index contributed by atoms with van der Waals surface area (Å²) in [4.78, 5) is 10.9. The second-order valence-electron chi connectivity index (χ2n) is 3.61. The maximum Gasteiger partial charge on any atom is 0.419 e. The van der Waals surface area contributed by atoms with Crippen LogP contribution in [0.3, 0.4) is 0 Å². The van der Waals surface area contributed by atoms with Gasteiger partial charge in [0, 0.05) is 16.0 Å². The van der Waals surface area contributed by atoms with Gasteiger partial charge in [-0.05, 0) is 26.6 Å². The van der Waals surface area contributed by atoms with Crippen LogP contribution in [0.15, 0.2) is 0 Å². The first-order valence-corrected chi connectivity index (χ1v) is 5.57. The van der Waals surface area contributed by atoms with Crippen LogP contribution in [0.25, 0.3) is 0 Å². The monoisotopic (exact) mass is 193 g/mol. The van der Waals surface area contributed by atoms with E-state index in [2.05, 4.69) is 10.6 Å². The second kappa shape index (κ2) is 3.35. The molecule has 0 saturated carbocycles. The average molecular weight is 193 g/mol. The Morgan fingerprint density at radius 1 is 1.50 bits per heavy atom. The Hall–Kier alpha value is -0.710. The van der Waals surface area contributed by atoms with Gasteiger partial charge in [0.15, 0.2) is 0 Å². The van der Waals surface area contributed by atoms with Crippen molar-refractivity contribution < 1.29 is 13.7 Å². The molecule has 12 heavy (non-hydrogen) atoms. The van der Waals surface area contributed by atoms with Crippen molar-refractivity contribution in [3.05, 3.63) is 0 Å². The summed E-state index contributed by atoms with van der Waals surface area (Å²) < 4.78 is 17.9. The zero-order chi connectivity index (χ0) is 9.99. The van der Waals surface area contributed by atoms with Crippen molar-refractivity contribution in [3.8, 4) is 0 Å². The number of carbonyl (C=O) groups excluding carboxylic acids is 1. The lowest BCUT2D eigenvalue weighted by Crippen LogP contribution is -2.35. The minimum absolute atomic E-state index is 0.575. The Labute approximate surface area is 73.4 Å². The van der Waals surface area contributed by atoms with Gasteiger partial charge >= 0.3 is 6.09 Å². The topological polar surface area (TPSA) is 55.4 Å². The van der Waals surface area contributed by atoms with E-state index in [9.17, 15) is 9.00 Å². The van der Waals surface area contributed by atoms with Gasteiger partial charge in [0.25, 0.3) is 0 Å². The molecule has 0 aromatic rings. The molecule has 0 spiro atoms. The molecule has 1 amide bonds. The molecule has 0 rings (SSSR count). The van der Waals surface area contributed by atoms with Crippen molar-refractivity contribution in [2.24, 2.45) is 0 Å².